The van der Waals surface area contributed by atoms with E-state index in [4.69, 9.17) is 0 Å². The molecule has 0 N–H and O–H groups in total. The minimum Gasteiger partial charge on any atom is -0.300 e. The highest BCUT2D eigenvalue weighted by molar-refractivity contribution is 7.96. The van der Waals surface area contributed by atoms with Crippen LogP contribution in [0, 0.1) is 23.7 Å². The van der Waals surface area contributed by atoms with Gasteiger partial charge in [0.2, 0.25) is 0 Å². The summed E-state index contributed by atoms with van der Waals surface area (Å²) in [6, 6.07) is 0. The van der Waals surface area contributed by atoms with E-state index in [2.05, 4.69) is 12.6 Å². The van der Waals surface area contributed by atoms with Crippen LogP contribution in [0.1, 0.15) is 26.2 Å². The fraction of sp³-hybridized carbons (Fsp3) is 0.800. The number of ketones is 1. The van der Waals surface area contributed by atoms with E-state index < -0.39 is 0 Å². The van der Waals surface area contributed by atoms with Gasteiger partial charge < -0.3 is 0 Å². The molecule has 0 saturated heterocycles. The SMILES string of the molecule is CC(=O)C1CC2CC(C(=O)S)C1C2. The van der Waals surface area contributed by atoms with Gasteiger partial charge in [-0.15, -0.1) is 12.6 Å². The van der Waals surface area contributed by atoms with Crippen molar-refractivity contribution in [3.8, 4) is 0 Å². The molecule has 2 aliphatic carbocycles. The number of Topliss-reactive ketones (excluding diaryl/α,β-unsaturated/α-hetero) is 1. The van der Waals surface area contributed by atoms with Crippen LogP contribution in [0.25, 0.3) is 0 Å². The van der Waals surface area contributed by atoms with Crippen LogP contribution in [0.2, 0.25) is 0 Å². The molecule has 4 atom stereocenters. The van der Waals surface area contributed by atoms with Crippen LogP contribution in [-0.2, 0) is 9.59 Å². The standard InChI is InChI=1S/C10H14O2S/c1-5(11)7-2-6-3-8(7)9(4-6)10(12)13/h6-9H,2-4H2,1H3,(H,12,13). The maximum absolute atomic E-state index is 11.3. The van der Waals surface area contributed by atoms with Crippen molar-refractivity contribution >= 4 is 23.5 Å². The summed E-state index contributed by atoms with van der Waals surface area (Å²) in [7, 11) is 0. The van der Waals surface area contributed by atoms with Crippen LogP contribution >= 0.6 is 12.6 Å². The van der Waals surface area contributed by atoms with E-state index in [1.165, 1.54) is 0 Å². The third-order valence-corrected chi connectivity index (χ3v) is 3.98. The maximum atomic E-state index is 11.3. The van der Waals surface area contributed by atoms with Crippen LogP contribution < -0.4 is 0 Å². The zero-order valence-electron chi connectivity index (χ0n) is 7.69. The van der Waals surface area contributed by atoms with E-state index >= 15 is 0 Å². The molecular formula is C10H14O2S. The average Bonchev–Trinajstić information content (AvgIpc) is 2.60. The first kappa shape index (κ1) is 9.25. The summed E-state index contributed by atoms with van der Waals surface area (Å²) in [5.41, 5.74) is 0. The predicted molar refractivity (Wildman–Crippen MR) is 52.5 cm³/mol. The Kier molecular flexibility index (Phi) is 2.22. The van der Waals surface area contributed by atoms with Crippen molar-refractivity contribution in [3.05, 3.63) is 0 Å². The van der Waals surface area contributed by atoms with Crippen molar-refractivity contribution in [2.45, 2.75) is 26.2 Å². The molecule has 72 valence electrons. The van der Waals surface area contributed by atoms with Crippen molar-refractivity contribution in [3.63, 3.8) is 0 Å². The highest BCUT2D eigenvalue weighted by Gasteiger charge is 2.49. The summed E-state index contributed by atoms with van der Waals surface area (Å²) < 4.78 is 0. The van der Waals surface area contributed by atoms with Crippen molar-refractivity contribution in [1.29, 1.82) is 0 Å². The predicted octanol–water partition coefficient (Wildman–Crippen LogP) is 1.69. The molecule has 2 rings (SSSR count). The second-order valence-electron chi connectivity index (χ2n) is 4.40. The van der Waals surface area contributed by atoms with Gasteiger partial charge >= 0.3 is 0 Å². The second-order valence-corrected chi connectivity index (χ2v) is 4.84. The van der Waals surface area contributed by atoms with Crippen molar-refractivity contribution in [2.75, 3.05) is 0 Å². The zero-order chi connectivity index (χ0) is 9.59. The third-order valence-electron chi connectivity index (χ3n) is 3.65. The lowest BCUT2D eigenvalue weighted by molar-refractivity contribution is -0.124. The molecule has 2 fully saturated rings. The van der Waals surface area contributed by atoms with Gasteiger partial charge in [-0.25, -0.2) is 0 Å². The Bertz CT molecular complexity index is 238. The summed E-state index contributed by atoms with van der Waals surface area (Å²) in [5.74, 6) is 1.40. The number of hydrogen-bond acceptors (Lipinski definition) is 2. The second kappa shape index (κ2) is 3.12. The molecule has 0 aliphatic heterocycles. The van der Waals surface area contributed by atoms with E-state index in [9.17, 15) is 9.59 Å². The van der Waals surface area contributed by atoms with E-state index in [-0.39, 0.29) is 22.7 Å². The maximum Gasteiger partial charge on any atom is 0.189 e. The van der Waals surface area contributed by atoms with Gasteiger partial charge in [-0.2, -0.15) is 0 Å². The molecule has 4 unspecified atom stereocenters. The Labute approximate surface area is 83.5 Å². The van der Waals surface area contributed by atoms with Gasteiger partial charge in [0, 0.05) is 11.8 Å². The molecule has 2 aliphatic rings. The first-order valence-corrected chi connectivity index (χ1v) is 5.27. The molecular weight excluding hydrogens is 184 g/mol. The molecule has 0 amide bonds. The molecule has 2 bridgehead atoms. The topological polar surface area (TPSA) is 34.1 Å². The summed E-state index contributed by atoms with van der Waals surface area (Å²) in [6.07, 6.45) is 3.05. The molecule has 0 spiro atoms. The fourth-order valence-electron chi connectivity index (χ4n) is 3.10. The average molecular weight is 198 g/mol. The lowest BCUT2D eigenvalue weighted by Gasteiger charge is -2.25. The van der Waals surface area contributed by atoms with Crippen LogP contribution in [0.5, 0.6) is 0 Å². The molecule has 0 aromatic heterocycles. The fourth-order valence-corrected chi connectivity index (χ4v) is 3.40. The number of carbonyl (C=O) groups is 2. The van der Waals surface area contributed by atoms with Gasteiger partial charge in [-0.1, -0.05) is 0 Å². The zero-order valence-corrected chi connectivity index (χ0v) is 8.59. The van der Waals surface area contributed by atoms with E-state index in [0.29, 0.717) is 11.8 Å². The van der Waals surface area contributed by atoms with Crippen molar-refractivity contribution in [2.24, 2.45) is 23.7 Å². The first-order chi connectivity index (χ1) is 6.09. The van der Waals surface area contributed by atoms with Crippen LogP contribution in [0.4, 0.5) is 0 Å². The van der Waals surface area contributed by atoms with Crippen LogP contribution in [0.3, 0.4) is 0 Å². The van der Waals surface area contributed by atoms with Gasteiger partial charge in [0.25, 0.3) is 0 Å². The lowest BCUT2D eigenvalue weighted by atomic mass is 9.79. The highest BCUT2D eigenvalue weighted by Crippen LogP contribution is 2.52. The van der Waals surface area contributed by atoms with Gasteiger partial charge in [-0.05, 0) is 38.0 Å². The number of rotatable bonds is 2. The number of hydrogen-bond donors (Lipinski definition) is 1. The van der Waals surface area contributed by atoms with Crippen molar-refractivity contribution < 1.29 is 9.59 Å². The summed E-state index contributed by atoms with van der Waals surface area (Å²) in [6.45, 7) is 1.64. The Morgan fingerprint density at radius 3 is 2.23 bits per heavy atom. The summed E-state index contributed by atoms with van der Waals surface area (Å²) in [5, 5.41) is -0.0153. The minimum atomic E-state index is -0.0153. The first-order valence-electron chi connectivity index (χ1n) is 4.83. The number of fused-ring (bicyclic) bond motifs is 2. The Morgan fingerprint density at radius 2 is 1.77 bits per heavy atom. The van der Waals surface area contributed by atoms with Gasteiger partial charge in [0.15, 0.2) is 5.12 Å². The quantitative estimate of drug-likeness (QED) is 0.685. The Balaban J connectivity index is 2.15. The molecule has 13 heavy (non-hydrogen) atoms. The molecule has 0 aromatic rings. The number of carbonyl (C=O) groups excluding carboxylic acids is 2. The van der Waals surface area contributed by atoms with Crippen molar-refractivity contribution in [1.82, 2.24) is 0 Å². The summed E-state index contributed by atoms with van der Waals surface area (Å²) >= 11 is 3.89. The molecule has 0 radical (unpaired) electrons. The van der Waals surface area contributed by atoms with Gasteiger partial charge in [0.1, 0.15) is 5.78 Å². The molecule has 2 nitrogen and oxygen atoms in total. The van der Waals surface area contributed by atoms with E-state index in [0.717, 1.165) is 19.3 Å². The van der Waals surface area contributed by atoms with Gasteiger partial charge in [0.05, 0.1) is 0 Å². The number of thiol groups is 1. The van der Waals surface area contributed by atoms with E-state index in [1.54, 1.807) is 6.92 Å². The monoisotopic (exact) mass is 198 g/mol. The van der Waals surface area contributed by atoms with E-state index in [1.807, 2.05) is 0 Å². The smallest absolute Gasteiger partial charge is 0.189 e. The normalized spacial score (nSPS) is 42.3. The minimum absolute atomic E-state index is 0.0153. The molecule has 3 heteroatoms. The summed E-state index contributed by atoms with van der Waals surface area (Å²) in [4.78, 5) is 22.4. The van der Waals surface area contributed by atoms with Crippen LogP contribution in [-0.4, -0.2) is 10.9 Å². The Morgan fingerprint density at radius 1 is 1.15 bits per heavy atom. The van der Waals surface area contributed by atoms with Crippen LogP contribution in [0.15, 0.2) is 0 Å². The largest absolute Gasteiger partial charge is 0.300 e. The molecule has 2 saturated carbocycles. The van der Waals surface area contributed by atoms with Gasteiger partial charge in [-0.3, -0.25) is 9.59 Å². The lowest BCUT2D eigenvalue weighted by Crippen LogP contribution is -2.28. The highest BCUT2D eigenvalue weighted by atomic mass is 32.1. The Hall–Kier alpha value is -0.310. The molecule has 0 aromatic carbocycles. The third kappa shape index (κ3) is 1.43. The molecule has 0 heterocycles.